The Morgan fingerprint density at radius 2 is 2.15 bits per heavy atom. The van der Waals surface area contributed by atoms with E-state index >= 15 is 0 Å². The zero-order valence-electron chi connectivity index (χ0n) is 6.73. The molecule has 1 aromatic rings. The molecule has 0 aromatic heterocycles. The summed E-state index contributed by atoms with van der Waals surface area (Å²) in [7, 11) is -4.04. The van der Waals surface area contributed by atoms with E-state index in [9.17, 15) is 8.42 Å². The molecule has 1 aliphatic rings. The number of thioether (sulfide) groups is 1. The van der Waals surface area contributed by atoms with Crippen LogP contribution in [0.5, 0.6) is 0 Å². The van der Waals surface area contributed by atoms with Crippen LogP contribution >= 0.6 is 11.8 Å². The van der Waals surface area contributed by atoms with Crippen LogP contribution in [0.25, 0.3) is 0 Å². The van der Waals surface area contributed by atoms with Gasteiger partial charge < -0.3 is 0 Å². The highest BCUT2D eigenvalue weighted by Gasteiger charge is 2.16. The molecule has 0 atom stereocenters. The summed E-state index contributed by atoms with van der Waals surface area (Å²) in [5.41, 5.74) is 1.16. The highest BCUT2D eigenvalue weighted by atomic mass is 32.2. The minimum absolute atomic E-state index is 0.0133. The number of aryl methyl sites for hydroxylation is 1. The molecule has 0 fully saturated rings. The molecule has 13 heavy (non-hydrogen) atoms. The second kappa shape index (κ2) is 3.01. The summed E-state index contributed by atoms with van der Waals surface area (Å²) in [5, 5.41) is 0. The van der Waals surface area contributed by atoms with Gasteiger partial charge in [0, 0.05) is 10.6 Å². The SMILES string of the molecule is O=S(=O)(O)c1ccc2c(c1)SCC2. The van der Waals surface area contributed by atoms with Crippen LogP contribution in [-0.4, -0.2) is 18.7 Å². The highest BCUT2D eigenvalue weighted by Crippen LogP contribution is 2.32. The quantitative estimate of drug-likeness (QED) is 0.724. The van der Waals surface area contributed by atoms with Crippen molar-refractivity contribution in [3.8, 4) is 0 Å². The Labute approximate surface area is 80.9 Å². The van der Waals surface area contributed by atoms with Crippen LogP contribution in [0.3, 0.4) is 0 Å². The van der Waals surface area contributed by atoms with Crippen molar-refractivity contribution >= 4 is 21.9 Å². The molecular formula is C8H8O3S2. The first-order valence-corrected chi connectivity index (χ1v) is 6.23. The van der Waals surface area contributed by atoms with Gasteiger partial charge in [0.25, 0.3) is 10.1 Å². The number of hydrogen-bond donors (Lipinski definition) is 1. The molecule has 0 aliphatic carbocycles. The molecule has 2 rings (SSSR count). The number of rotatable bonds is 1. The molecule has 1 aromatic carbocycles. The van der Waals surface area contributed by atoms with Crippen molar-refractivity contribution in [1.29, 1.82) is 0 Å². The van der Waals surface area contributed by atoms with E-state index in [1.807, 2.05) is 0 Å². The van der Waals surface area contributed by atoms with Crippen molar-refractivity contribution in [3.63, 3.8) is 0 Å². The summed E-state index contributed by atoms with van der Waals surface area (Å²) in [6, 6.07) is 4.74. The van der Waals surface area contributed by atoms with Gasteiger partial charge in [-0.3, -0.25) is 4.55 Å². The standard InChI is InChI=1S/C8H8O3S2/c9-13(10,11)7-2-1-6-3-4-12-8(6)5-7/h1-2,5H,3-4H2,(H,9,10,11). The molecule has 5 heteroatoms. The van der Waals surface area contributed by atoms with Crippen LogP contribution < -0.4 is 0 Å². The number of benzene rings is 1. The zero-order chi connectivity index (χ0) is 9.47. The molecule has 0 saturated carbocycles. The minimum atomic E-state index is -4.04. The molecular weight excluding hydrogens is 208 g/mol. The lowest BCUT2D eigenvalue weighted by molar-refractivity contribution is 0.483. The Hall–Kier alpha value is -0.520. The third-order valence-corrected chi connectivity index (χ3v) is 3.91. The third-order valence-electron chi connectivity index (χ3n) is 1.97. The van der Waals surface area contributed by atoms with E-state index in [1.54, 1.807) is 17.8 Å². The van der Waals surface area contributed by atoms with E-state index in [4.69, 9.17) is 4.55 Å². The van der Waals surface area contributed by atoms with Gasteiger partial charge in [-0.2, -0.15) is 8.42 Å². The molecule has 0 saturated heterocycles. The van der Waals surface area contributed by atoms with E-state index in [0.29, 0.717) is 0 Å². The van der Waals surface area contributed by atoms with E-state index in [0.717, 1.165) is 22.6 Å². The average molecular weight is 216 g/mol. The smallest absolute Gasteiger partial charge is 0.282 e. The van der Waals surface area contributed by atoms with Gasteiger partial charge in [-0.05, 0) is 24.1 Å². The predicted molar refractivity (Wildman–Crippen MR) is 50.7 cm³/mol. The van der Waals surface area contributed by atoms with Crippen molar-refractivity contribution in [2.24, 2.45) is 0 Å². The molecule has 3 nitrogen and oxygen atoms in total. The third kappa shape index (κ3) is 1.72. The normalized spacial score (nSPS) is 15.8. The summed E-state index contributed by atoms with van der Waals surface area (Å²) < 4.78 is 30.3. The maximum atomic E-state index is 10.8. The Bertz CT molecular complexity index is 437. The van der Waals surface area contributed by atoms with Gasteiger partial charge in [-0.25, -0.2) is 0 Å². The lowest BCUT2D eigenvalue weighted by Crippen LogP contribution is -1.98. The molecule has 0 amide bonds. The topological polar surface area (TPSA) is 54.4 Å². The lowest BCUT2D eigenvalue weighted by Gasteiger charge is -2.00. The maximum Gasteiger partial charge on any atom is 0.294 e. The highest BCUT2D eigenvalue weighted by molar-refractivity contribution is 7.99. The maximum absolute atomic E-state index is 10.8. The van der Waals surface area contributed by atoms with E-state index in [1.165, 1.54) is 12.1 Å². The Morgan fingerprint density at radius 3 is 2.85 bits per heavy atom. The van der Waals surface area contributed by atoms with Crippen LogP contribution in [0.2, 0.25) is 0 Å². The van der Waals surface area contributed by atoms with Crippen LogP contribution in [0.15, 0.2) is 28.0 Å². The Morgan fingerprint density at radius 1 is 1.38 bits per heavy atom. The average Bonchev–Trinajstić information content (AvgIpc) is 2.47. The molecule has 70 valence electrons. The van der Waals surface area contributed by atoms with Gasteiger partial charge >= 0.3 is 0 Å². The molecule has 0 radical (unpaired) electrons. The second-order valence-corrected chi connectivity index (χ2v) is 5.40. The summed E-state index contributed by atoms with van der Waals surface area (Å²) in [4.78, 5) is 0.954. The number of fused-ring (bicyclic) bond motifs is 1. The fraction of sp³-hybridized carbons (Fsp3) is 0.250. The number of hydrogen-bond acceptors (Lipinski definition) is 3. The van der Waals surface area contributed by atoms with Gasteiger partial charge in [-0.1, -0.05) is 6.07 Å². The monoisotopic (exact) mass is 216 g/mol. The van der Waals surface area contributed by atoms with Gasteiger partial charge in [0.05, 0.1) is 4.90 Å². The summed E-state index contributed by atoms with van der Waals surface area (Å²) >= 11 is 1.62. The first-order valence-electron chi connectivity index (χ1n) is 3.80. The molecule has 1 N–H and O–H groups in total. The van der Waals surface area contributed by atoms with Crippen molar-refractivity contribution in [2.75, 3.05) is 5.75 Å². The first kappa shape index (κ1) is 9.05. The summed E-state index contributed by atoms with van der Waals surface area (Å²) in [6.45, 7) is 0. The largest absolute Gasteiger partial charge is 0.294 e. The van der Waals surface area contributed by atoms with Crippen molar-refractivity contribution in [3.05, 3.63) is 23.8 Å². The van der Waals surface area contributed by atoms with Crippen LogP contribution in [0, 0.1) is 0 Å². The van der Waals surface area contributed by atoms with Crippen molar-refractivity contribution in [2.45, 2.75) is 16.2 Å². The molecule has 0 spiro atoms. The van der Waals surface area contributed by atoms with Gasteiger partial charge in [0.2, 0.25) is 0 Å². The van der Waals surface area contributed by atoms with Crippen molar-refractivity contribution in [1.82, 2.24) is 0 Å². The fourth-order valence-electron chi connectivity index (χ4n) is 1.31. The lowest BCUT2D eigenvalue weighted by atomic mass is 10.2. The molecule has 1 heterocycles. The zero-order valence-corrected chi connectivity index (χ0v) is 8.36. The minimum Gasteiger partial charge on any atom is -0.282 e. The Kier molecular flexibility index (Phi) is 2.09. The summed E-state index contributed by atoms with van der Waals surface area (Å²) in [6.07, 6.45) is 0.978. The predicted octanol–water partition coefficient (Wildman–Crippen LogP) is 1.58. The van der Waals surface area contributed by atoms with Crippen LogP contribution in [0.4, 0.5) is 0 Å². The van der Waals surface area contributed by atoms with E-state index in [2.05, 4.69) is 0 Å². The molecule has 0 bridgehead atoms. The first-order chi connectivity index (χ1) is 6.07. The van der Waals surface area contributed by atoms with E-state index < -0.39 is 10.1 Å². The second-order valence-electron chi connectivity index (χ2n) is 2.84. The van der Waals surface area contributed by atoms with E-state index in [-0.39, 0.29) is 4.90 Å². The molecule has 1 aliphatic heterocycles. The Balaban J connectivity index is 2.54. The summed E-state index contributed by atoms with van der Waals surface area (Å²) in [5.74, 6) is 0.990. The van der Waals surface area contributed by atoms with Crippen LogP contribution in [0.1, 0.15) is 5.56 Å². The van der Waals surface area contributed by atoms with Crippen molar-refractivity contribution < 1.29 is 13.0 Å². The fourth-order valence-corrected chi connectivity index (χ4v) is 3.00. The molecule has 0 unspecified atom stereocenters. The van der Waals surface area contributed by atoms with Gasteiger partial charge in [0.1, 0.15) is 0 Å². The van der Waals surface area contributed by atoms with Gasteiger partial charge in [-0.15, -0.1) is 11.8 Å². The van der Waals surface area contributed by atoms with Crippen LogP contribution in [-0.2, 0) is 16.5 Å². The van der Waals surface area contributed by atoms with Gasteiger partial charge in [0.15, 0.2) is 0 Å².